The molecule has 6 heteroatoms. The summed E-state index contributed by atoms with van der Waals surface area (Å²) in [6.45, 7) is 3.02. The van der Waals surface area contributed by atoms with Crippen molar-refractivity contribution in [2.24, 2.45) is 0 Å². The highest BCUT2D eigenvalue weighted by atomic mass is 35.5. The van der Waals surface area contributed by atoms with E-state index in [-0.39, 0.29) is 11.6 Å². The number of carbonyl (C=O) groups excluding carboxylic acids is 1. The van der Waals surface area contributed by atoms with Gasteiger partial charge in [-0.1, -0.05) is 29.8 Å². The number of halogens is 1. The Bertz CT molecular complexity index is 623. The highest BCUT2D eigenvalue weighted by molar-refractivity contribution is 6.31. The zero-order valence-corrected chi connectivity index (χ0v) is 12.3. The van der Waals surface area contributed by atoms with E-state index in [0.717, 1.165) is 5.56 Å². The molecule has 106 valence electrons. The Labute approximate surface area is 122 Å². The van der Waals surface area contributed by atoms with E-state index in [1.165, 1.54) is 0 Å². The number of aryl methyl sites for hydroxylation is 1. The Kier molecular flexibility index (Phi) is 4.29. The van der Waals surface area contributed by atoms with Crippen molar-refractivity contribution in [3.63, 3.8) is 0 Å². The molecule has 0 aliphatic carbocycles. The van der Waals surface area contributed by atoms with Crippen LogP contribution in [0.3, 0.4) is 0 Å². The van der Waals surface area contributed by atoms with Gasteiger partial charge in [0.2, 0.25) is 0 Å². The topological polar surface area (TPSA) is 64.2 Å². The average Bonchev–Trinajstić information content (AvgIpc) is 2.81. The Hall–Kier alpha value is -2.01. The second-order valence-corrected chi connectivity index (χ2v) is 4.95. The third-order valence-electron chi connectivity index (χ3n) is 3.03. The van der Waals surface area contributed by atoms with Crippen LogP contribution in [0.15, 0.2) is 30.5 Å². The van der Waals surface area contributed by atoms with E-state index >= 15 is 0 Å². The van der Waals surface area contributed by atoms with Crippen molar-refractivity contribution in [1.29, 1.82) is 0 Å². The van der Waals surface area contributed by atoms with Gasteiger partial charge in [-0.2, -0.15) is 5.10 Å². The lowest BCUT2D eigenvalue weighted by molar-refractivity contribution is 0.0779. The van der Waals surface area contributed by atoms with Crippen molar-refractivity contribution in [3.8, 4) is 0 Å². The minimum absolute atomic E-state index is 0.213. The molecule has 0 fully saturated rings. The third-order valence-corrected chi connectivity index (χ3v) is 3.40. The zero-order chi connectivity index (χ0) is 14.7. The molecule has 1 amide bonds. The van der Waals surface area contributed by atoms with E-state index in [4.69, 9.17) is 17.3 Å². The van der Waals surface area contributed by atoms with Crippen LogP contribution < -0.4 is 5.73 Å². The molecule has 5 nitrogen and oxygen atoms in total. The molecule has 0 spiro atoms. The Balaban J connectivity index is 2.16. The van der Waals surface area contributed by atoms with Crippen LogP contribution in [0.5, 0.6) is 0 Å². The maximum Gasteiger partial charge on any atom is 0.276 e. The summed E-state index contributed by atoms with van der Waals surface area (Å²) >= 11 is 6.09. The molecule has 2 N–H and O–H groups in total. The van der Waals surface area contributed by atoms with Gasteiger partial charge in [-0.05, 0) is 18.6 Å². The minimum Gasteiger partial charge on any atom is -0.396 e. The molecule has 0 bridgehead atoms. The number of anilines is 1. The fourth-order valence-electron chi connectivity index (χ4n) is 1.90. The molecule has 1 aromatic heterocycles. The van der Waals surface area contributed by atoms with Gasteiger partial charge in [0.25, 0.3) is 5.91 Å². The third kappa shape index (κ3) is 2.93. The van der Waals surface area contributed by atoms with E-state index in [2.05, 4.69) is 5.10 Å². The number of benzene rings is 1. The molecule has 2 rings (SSSR count). The summed E-state index contributed by atoms with van der Waals surface area (Å²) in [5.74, 6) is -0.213. The summed E-state index contributed by atoms with van der Waals surface area (Å²) in [5.41, 5.74) is 7.38. The van der Waals surface area contributed by atoms with Crippen LogP contribution in [-0.2, 0) is 13.1 Å². The highest BCUT2D eigenvalue weighted by Crippen LogP contribution is 2.18. The predicted octanol–water partition coefficient (Wildman–Crippen LogP) is 2.41. The van der Waals surface area contributed by atoms with Crippen LogP contribution in [0, 0.1) is 0 Å². The van der Waals surface area contributed by atoms with Gasteiger partial charge in [-0.15, -0.1) is 0 Å². The Morgan fingerprint density at radius 1 is 1.45 bits per heavy atom. The van der Waals surface area contributed by atoms with E-state index in [1.807, 2.05) is 25.1 Å². The number of nitrogens with two attached hydrogens (primary N) is 1. The van der Waals surface area contributed by atoms with Gasteiger partial charge in [0.1, 0.15) is 0 Å². The Morgan fingerprint density at radius 2 is 2.15 bits per heavy atom. The Morgan fingerprint density at radius 3 is 2.75 bits per heavy atom. The number of hydrogen-bond donors (Lipinski definition) is 1. The first-order valence-corrected chi connectivity index (χ1v) is 6.72. The summed E-state index contributed by atoms with van der Waals surface area (Å²) in [7, 11) is 1.70. The summed E-state index contributed by atoms with van der Waals surface area (Å²) < 4.78 is 1.64. The van der Waals surface area contributed by atoms with Gasteiger partial charge in [0.05, 0.1) is 5.69 Å². The summed E-state index contributed by atoms with van der Waals surface area (Å²) in [6.07, 6.45) is 1.66. The number of hydrogen-bond acceptors (Lipinski definition) is 3. The van der Waals surface area contributed by atoms with Crippen molar-refractivity contribution in [1.82, 2.24) is 14.7 Å². The second-order valence-electron chi connectivity index (χ2n) is 4.54. The summed E-state index contributed by atoms with van der Waals surface area (Å²) in [5, 5.41) is 4.82. The fraction of sp³-hybridized carbons (Fsp3) is 0.286. The maximum atomic E-state index is 12.3. The quantitative estimate of drug-likeness (QED) is 0.941. The molecule has 0 radical (unpaired) electrons. The van der Waals surface area contributed by atoms with Crippen LogP contribution in [0.4, 0.5) is 5.69 Å². The van der Waals surface area contributed by atoms with Crippen molar-refractivity contribution >= 4 is 23.2 Å². The van der Waals surface area contributed by atoms with Crippen molar-refractivity contribution in [3.05, 3.63) is 46.7 Å². The molecular formula is C14H17ClN4O. The summed E-state index contributed by atoms with van der Waals surface area (Å²) in [4.78, 5) is 13.9. The number of rotatable bonds is 4. The average molecular weight is 293 g/mol. The number of nitrogens with zero attached hydrogens (tertiary/aromatic N) is 3. The first-order valence-electron chi connectivity index (χ1n) is 6.34. The fourth-order valence-corrected chi connectivity index (χ4v) is 2.10. The monoisotopic (exact) mass is 292 g/mol. The van der Waals surface area contributed by atoms with Crippen molar-refractivity contribution in [2.45, 2.75) is 20.0 Å². The van der Waals surface area contributed by atoms with Gasteiger partial charge in [0, 0.05) is 31.4 Å². The minimum atomic E-state index is -0.213. The van der Waals surface area contributed by atoms with Crippen LogP contribution in [0.2, 0.25) is 5.02 Å². The van der Waals surface area contributed by atoms with E-state index < -0.39 is 0 Å². The van der Waals surface area contributed by atoms with Crippen molar-refractivity contribution in [2.75, 3.05) is 12.8 Å². The van der Waals surface area contributed by atoms with Gasteiger partial charge >= 0.3 is 0 Å². The van der Waals surface area contributed by atoms with Gasteiger partial charge in [-0.25, -0.2) is 0 Å². The molecular weight excluding hydrogens is 276 g/mol. The molecule has 20 heavy (non-hydrogen) atoms. The van der Waals surface area contributed by atoms with Crippen LogP contribution in [-0.4, -0.2) is 27.6 Å². The standard InChI is InChI=1S/C14H17ClN4O/c1-3-19-9-12(16)13(17-19)14(20)18(2)8-10-6-4-5-7-11(10)15/h4-7,9H,3,8,16H2,1-2H3. The highest BCUT2D eigenvalue weighted by Gasteiger charge is 2.19. The zero-order valence-electron chi connectivity index (χ0n) is 11.5. The molecule has 1 heterocycles. The molecule has 0 saturated heterocycles. The lowest BCUT2D eigenvalue weighted by Crippen LogP contribution is -2.27. The van der Waals surface area contributed by atoms with Gasteiger partial charge in [-0.3, -0.25) is 9.48 Å². The van der Waals surface area contributed by atoms with E-state index in [9.17, 15) is 4.79 Å². The second kappa shape index (κ2) is 5.96. The first kappa shape index (κ1) is 14.4. The number of carbonyl (C=O) groups is 1. The van der Waals surface area contributed by atoms with Crippen LogP contribution in [0.25, 0.3) is 0 Å². The molecule has 0 unspecified atom stereocenters. The molecule has 0 atom stereocenters. The van der Waals surface area contributed by atoms with E-state index in [0.29, 0.717) is 23.8 Å². The largest absolute Gasteiger partial charge is 0.396 e. The van der Waals surface area contributed by atoms with Crippen molar-refractivity contribution < 1.29 is 4.79 Å². The van der Waals surface area contributed by atoms with Crippen LogP contribution >= 0.6 is 11.6 Å². The SMILES string of the molecule is CCn1cc(N)c(C(=O)N(C)Cc2ccccc2Cl)n1. The number of nitrogen functional groups attached to an aromatic ring is 1. The number of aromatic nitrogens is 2. The van der Waals surface area contributed by atoms with Gasteiger partial charge < -0.3 is 10.6 Å². The molecule has 0 aliphatic rings. The lowest BCUT2D eigenvalue weighted by atomic mass is 10.2. The molecule has 2 aromatic rings. The normalized spacial score (nSPS) is 10.6. The first-order chi connectivity index (χ1) is 9.52. The van der Waals surface area contributed by atoms with Crippen LogP contribution in [0.1, 0.15) is 23.0 Å². The molecule has 0 saturated carbocycles. The maximum absolute atomic E-state index is 12.3. The summed E-state index contributed by atoms with van der Waals surface area (Å²) in [6, 6.07) is 7.43. The smallest absolute Gasteiger partial charge is 0.276 e. The lowest BCUT2D eigenvalue weighted by Gasteiger charge is -2.17. The molecule has 0 aliphatic heterocycles. The van der Waals surface area contributed by atoms with E-state index in [1.54, 1.807) is 28.9 Å². The van der Waals surface area contributed by atoms with Gasteiger partial charge in [0.15, 0.2) is 5.69 Å². The predicted molar refractivity (Wildman–Crippen MR) is 79.6 cm³/mol. The molecule has 1 aromatic carbocycles. The number of amides is 1.